The zero-order valence-corrected chi connectivity index (χ0v) is 28.0. The van der Waals surface area contributed by atoms with E-state index < -0.39 is 0 Å². The molecule has 3 fully saturated rings. The van der Waals surface area contributed by atoms with E-state index in [-0.39, 0.29) is 38.5 Å². The number of unbranched alkanes of at least 4 members (excludes halogenated alkanes) is 1. The highest BCUT2D eigenvalue weighted by molar-refractivity contribution is 5.79. The highest BCUT2D eigenvalue weighted by atomic mass is 16.5. The number of fused-ring (bicyclic) bond motifs is 8. The van der Waals surface area contributed by atoms with Crippen LogP contribution in [0.25, 0.3) is 0 Å². The van der Waals surface area contributed by atoms with E-state index in [9.17, 15) is 4.79 Å². The van der Waals surface area contributed by atoms with Crippen LogP contribution in [0.4, 0.5) is 0 Å². The van der Waals surface area contributed by atoms with Gasteiger partial charge in [-0.1, -0.05) is 73.0 Å². The number of aryl methyl sites for hydroxylation is 1. The molecule has 0 amide bonds. The molecule has 0 saturated heterocycles. The van der Waals surface area contributed by atoms with Gasteiger partial charge in [-0.2, -0.15) is 5.10 Å². The number of H-pyrrole nitrogens is 1. The predicted octanol–water partition coefficient (Wildman–Crippen LogP) is 9.27. The number of hydrogen-bond donors (Lipinski definition) is 1. The molecule has 0 aliphatic heterocycles. The lowest BCUT2D eigenvalue weighted by molar-refractivity contribution is -0.182. The first-order chi connectivity index (χ1) is 19.1. The minimum Gasteiger partial charge on any atom is -0.465 e. The second kappa shape index (κ2) is 9.21. The third-order valence-corrected chi connectivity index (χ3v) is 14.5. The van der Waals surface area contributed by atoms with E-state index in [0.29, 0.717) is 24.4 Å². The van der Waals surface area contributed by atoms with Crippen LogP contribution in [0.15, 0.2) is 11.1 Å². The molecule has 0 bridgehead atoms. The number of rotatable bonds is 4. The molecule has 0 spiro atoms. The molecule has 228 valence electrons. The molecule has 1 aromatic rings. The van der Waals surface area contributed by atoms with Crippen molar-refractivity contribution in [2.45, 2.75) is 145 Å². The van der Waals surface area contributed by atoms with E-state index in [4.69, 9.17) is 9.84 Å². The van der Waals surface area contributed by atoms with Crippen molar-refractivity contribution in [1.82, 2.24) is 10.2 Å². The van der Waals surface area contributed by atoms with Crippen LogP contribution in [0.3, 0.4) is 0 Å². The first kappa shape index (κ1) is 29.5. The van der Waals surface area contributed by atoms with E-state index >= 15 is 0 Å². The van der Waals surface area contributed by atoms with Gasteiger partial charge in [-0.15, -0.1) is 0 Å². The van der Waals surface area contributed by atoms with Gasteiger partial charge in [0.15, 0.2) is 0 Å². The van der Waals surface area contributed by atoms with Crippen molar-refractivity contribution < 1.29 is 9.53 Å². The maximum Gasteiger partial charge on any atom is 0.312 e. The van der Waals surface area contributed by atoms with Crippen molar-refractivity contribution in [2.24, 2.45) is 44.8 Å². The maximum absolute atomic E-state index is 14.1. The number of aromatic amines is 1. The molecule has 1 heterocycles. The first-order valence-electron chi connectivity index (χ1n) is 17.0. The van der Waals surface area contributed by atoms with Crippen molar-refractivity contribution in [1.29, 1.82) is 0 Å². The Labute approximate surface area is 250 Å². The van der Waals surface area contributed by atoms with E-state index in [2.05, 4.69) is 74.3 Å². The normalized spacial score (nSPS) is 42.3. The van der Waals surface area contributed by atoms with Crippen molar-refractivity contribution >= 4 is 5.97 Å². The Hall–Kier alpha value is -1.58. The predicted molar refractivity (Wildman–Crippen MR) is 167 cm³/mol. The number of allylic oxidation sites excluding steroid dienone is 2. The van der Waals surface area contributed by atoms with Gasteiger partial charge >= 0.3 is 5.97 Å². The SMILES string of the molecule is CCCCOC(=O)[C@]12CCC(C)(C)C[C@H]1C1=C(C)CC3[C@@]4(C)Cc5c(n[nH]c5C)C(C)(C)[C@@H]4CC[C@@]3(C)[C@]1(C)CC2. The number of carbonyl (C=O) groups is 1. The lowest BCUT2D eigenvalue weighted by Gasteiger charge is -2.71. The average molecular weight is 563 g/mol. The lowest BCUT2D eigenvalue weighted by Crippen LogP contribution is -2.65. The molecule has 7 atom stereocenters. The number of ether oxygens (including phenoxy) is 1. The summed E-state index contributed by atoms with van der Waals surface area (Å²) >= 11 is 0. The molecular formula is C37H58N2O2. The minimum absolute atomic E-state index is 0.0740. The molecule has 4 nitrogen and oxygen atoms in total. The first-order valence-corrected chi connectivity index (χ1v) is 17.0. The largest absolute Gasteiger partial charge is 0.465 e. The van der Waals surface area contributed by atoms with Crippen LogP contribution in [0.1, 0.15) is 143 Å². The summed E-state index contributed by atoms with van der Waals surface area (Å²) in [5.74, 6) is 1.69. The molecule has 1 N–H and O–H groups in total. The van der Waals surface area contributed by atoms with Gasteiger partial charge in [-0.3, -0.25) is 9.89 Å². The second-order valence-corrected chi connectivity index (χ2v) is 17.4. The summed E-state index contributed by atoms with van der Waals surface area (Å²) in [6.07, 6.45) is 12.2. The summed E-state index contributed by atoms with van der Waals surface area (Å²) in [7, 11) is 0. The van der Waals surface area contributed by atoms with Crippen molar-refractivity contribution in [3.63, 3.8) is 0 Å². The van der Waals surface area contributed by atoms with Gasteiger partial charge in [-0.05, 0) is 123 Å². The van der Waals surface area contributed by atoms with Crippen LogP contribution in [0.2, 0.25) is 0 Å². The summed E-state index contributed by atoms with van der Waals surface area (Å²) in [5.41, 5.74) is 7.94. The summed E-state index contributed by atoms with van der Waals surface area (Å²) in [5, 5.41) is 8.25. The Bertz CT molecular complexity index is 1270. The van der Waals surface area contributed by atoms with Crippen LogP contribution < -0.4 is 0 Å². The molecule has 41 heavy (non-hydrogen) atoms. The monoisotopic (exact) mass is 562 g/mol. The lowest BCUT2D eigenvalue weighted by atomic mass is 9.33. The van der Waals surface area contributed by atoms with Crippen LogP contribution in [0, 0.1) is 51.8 Å². The number of esters is 1. The Balaban J connectivity index is 1.46. The minimum atomic E-state index is -0.334. The number of hydrogen-bond acceptors (Lipinski definition) is 3. The Morgan fingerprint density at radius 3 is 2.39 bits per heavy atom. The smallest absolute Gasteiger partial charge is 0.312 e. The molecule has 5 aliphatic rings. The Morgan fingerprint density at radius 2 is 1.68 bits per heavy atom. The molecular weight excluding hydrogens is 504 g/mol. The van der Waals surface area contributed by atoms with Crippen molar-refractivity contribution in [3.8, 4) is 0 Å². The van der Waals surface area contributed by atoms with E-state index in [1.165, 1.54) is 36.2 Å². The van der Waals surface area contributed by atoms with Gasteiger partial charge in [0.1, 0.15) is 0 Å². The quantitative estimate of drug-likeness (QED) is 0.226. The third kappa shape index (κ3) is 3.83. The fourth-order valence-corrected chi connectivity index (χ4v) is 12.0. The zero-order valence-electron chi connectivity index (χ0n) is 28.0. The van der Waals surface area contributed by atoms with E-state index in [1.54, 1.807) is 11.1 Å². The van der Waals surface area contributed by atoms with Crippen LogP contribution in [0.5, 0.6) is 0 Å². The number of aromatic nitrogens is 2. The Morgan fingerprint density at radius 1 is 0.976 bits per heavy atom. The summed E-state index contributed by atoms with van der Waals surface area (Å²) in [6.45, 7) is 25.2. The summed E-state index contributed by atoms with van der Waals surface area (Å²) < 4.78 is 6.11. The number of nitrogens with zero attached hydrogens (tertiary/aromatic N) is 1. The maximum atomic E-state index is 14.1. The van der Waals surface area contributed by atoms with E-state index in [0.717, 1.165) is 51.4 Å². The van der Waals surface area contributed by atoms with Gasteiger partial charge in [0.2, 0.25) is 0 Å². The highest BCUT2D eigenvalue weighted by Crippen LogP contribution is 2.76. The van der Waals surface area contributed by atoms with Crippen molar-refractivity contribution in [3.05, 3.63) is 28.1 Å². The van der Waals surface area contributed by atoms with Crippen LogP contribution >= 0.6 is 0 Å². The van der Waals surface area contributed by atoms with Gasteiger partial charge in [0.05, 0.1) is 17.7 Å². The molecule has 6 rings (SSSR count). The van der Waals surface area contributed by atoms with Crippen LogP contribution in [-0.2, 0) is 21.4 Å². The molecule has 1 aromatic heterocycles. The molecule has 5 aliphatic carbocycles. The fourth-order valence-electron chi connectivity index (χ4n) is 12.0. The van der Waals surface area contributed by atoms with E-state index in [1.807, 2.05) is 0 Å². The summed E-state index contributed by atoms with van der Waals surface area (Å²) in [4.78, 5) is 14.1. The van der Waals surface area contributed by atoms with Gasteiger partial charge < -0.3 is 4.74 Å². The third-order valence-electron chi connectivity index (χ3n) is 14.5. The zero-order chi connectivity index (χ0) is 29.8. The molecule has 3 saturated carbocycles. The van der Waals surface area contributed by atoms with Gasteiger partial charge in [0, 0.05) is 11.1 Å². The molecule has 0 radical (unpaired) electrons. The fraction of sp³-hybridized carbons (Fsp3) is 0.838. The van der Waals surface area contributed by atoms with Crippen LogP contribution in [-0.4, -0.2) is 22.8 Å². The molecule has 0 aromatic carbocycles. The van der Waals surface area contributed by atoms with Gasteiger partial charge in [0.25, 0.3) is 0 Å². The topological polar surface area (TPSA) is 55.0 Å². The van der Waals surface area contributed by atoms with Gasteiger partial charge in [-0.25, -0.2) is 0 Å². The standard InChI is InChI=1S/C37H58N2O2/c1-11-12-19-41-31(40)37-17-15-32(4,5)22-26(37)29-23(2)20-28-34(8)21-25-24(3)38-39-30(25)33(6,7)27(34)13-14-35(28,9)36(29,10)16-18-37/h26-28H,11-22H2,1-10H3,(H,38,39)/t26-,27-,28?,34-,35+,36+,37-/m0/s1. The highest BCUT2D eigenvalue weighted by Gasteiger charge is 2.70. The second-order valence-electron chi connectivity index (χ2n) is 17.4. The van der Waals surface area contributed by atoms with Crippen molar-refractivity contribution in [2.75, 3.05) is 6.61 Å². The molecule has 4 heteroatoms. The number of nitrogens with one attached hydrogen (secondary N) is 1. The molecule has 1 unspecified atom stereocenters. The summed E-state index contributed by atoms with van der Waals surface area (Å²) in [6, 6.07) is 0. The Kier molecular flexibility index (Phi) is 6.63. The number of carbonyl (C=O) groups excluding carboxylic acids is 1. The average Bonchev–Trinajstić information content (AvgIpc) is 3.25.